The lowest BCUT2D eigenvalue weighted by Crippen LogP contribution is -2.49. The predicted molar refractivity (Wildman–Crippen MR) is 87.1 cm³/mol. The number of nitrogens with zero attached hydrogens (tertiary/aromatic N) is 4. The Hall–Kier alpha value is -1.42. The fraction of sp³-hybridized carbons (Fsp3) is 0.733. The van der Waals surface area contributed by atoms with Gasteiger partial charge in [0.25, 0.3) is 0 Å². The molecule has 10 heteroatoms. The first-order valence-electron chi connectivity index (χ1n) is 8.31. The molecule has 0 radical (unpaired) electrons. The van der Waals surface area contributed by atoms with Gasteiger partial charge in [-0.05, 0) is 24.8 Å². The van der Waals surface area contributed by atoms with Crippen molar-refractivity contribution in [1.29, 1.82) is 0 Å². The molecule has 0 spiro atoms. The molecule has 0 atom stereocenters. The SMILES string of the molecule is O=S1(=O)CCC(CN2CCN(c3nccc(C(F)(F)F)n3)CC2)CC1. The Labute approximate surface area is 145 Å². The number of piperazine rings is 1. The summed E-state index contributed by atoms with van der Waals surface area (Å²) in [4.78, 5) is 11.6. The van der Waals surface area contributed by atoms with Gasteiger partial charge < -0.3 is 4.90 Å². The van der Waals surface area contributed by atoms with Gasteiger partial charge in [-0.25, -0.2) is 18.4 Å². The van der Waals surface area contributed by atoms with E-state index in [1.54, 1.807) is 4.90 Å². The molecular weight excluding hydrogens is 357 g/mol. The van der Waals surface area contributed by atoms with Crippen LogP contribution in [0.4, 0.5) is 19.1 Å². The Kier molecular flexibility index (Phi) is 5.19. The number of anilines is 1. The topological polar surface area (TPSA) is 66.4 Å². The van der Waals surface area contributed by atoms with Gasteiger partial charge in [0.05, 0.1) is 11.5 Å². The van der Waals surface area contributed by atoms with Crippen molar-refractivity contribution in [3.8, 4) is 0 Å². The van der Waals surface area contributed by atoms with E-state index in [-0.39, 0.29) is 17.5 Å². The minimum Gasteiger partial charge on any atom is -0.338 e. The maximum atomic E-state index is 12.8. The summed E-state index contributed by atoms with van der Waals surface area (Å²) in [6.45, 7) is 3.39. The van der Waals surface area contributed by atoms with Crippen molar-refractivity contribution < 1.29 is 21.6 Å². The van der Waals surface area contributed by atoms with Crippen molar-refractivity contribution in [2.45, 2.75) is 19.0 Å². The molecule has 0 saturated carbocycles. The van der Waals surface area contributed by atoms with E-state index in [1.807, 2.05) is 0 Å². The molecule has 2 fully saturated rings. The highest BCUT2D eigenvalue weighted by Crippen LogP contribution is 2.28. The molecule has 2 aliphatic heterocycles. The highest BCUT2D eigenvalue weighted by Gasteiger charge is 2.33. The molecule has 2 saturated heterocycles. The number of aromatic nitrogens is 2. The molecule has 140 valence electrons. The molecule has 0 aromatic carbocycles. The third kappa shape index (κ3) is 4.81. The first-order valence-corrected chi connectivity index (χ1v) is 10.1. The van der Waals surface area contributed by atoms with Crippen LogP contribution in [0.2, 0.25) is 0 Å². The second-order valence-electron chi connectivity index (χ2n) is 6.62. The normalized spacial score (nSPS) is 22.9. The highest BCUT2D eigenvalue weighted by atomic mass is 32.2. The van der Waals surface area contributed by atoms with Crippen LogP contribution in [0.5, 0.6) is 0 Å². The van der Waals surface area contributed by atoms with Gasteiger partial charge in [-0.2, -0.15) is 13.2 Å². The molecule has 1 aromatic rings. The molecule has 0 N–H and O–H groups in total. The van der Waals surface area contributed by atoms with Gasteiger partial charge >= 0.3 is 6.18 Å². The zero-order valence-electron chi connectivity index (χ0n) is 13.7. The van der Waals surface area contributed by atoms with Crippen molar-refractivity contribution in [2.75, 3.05) is 49.1 Å². The molecule has 6 nitrogen and oxygen atoms in total. The molecule has 3 rings (SSSR count). The highest BCUT2D eigenvalue weighted by molar-refractivity contribution is 7.91. The van der Waals surface area contributed by atoms with E-state index >= 15 is 0 Å². The van der Waals surface area contributed by atoms with E-state index in [4.69, 9.17) is 0 Å². The average Bonchev–Trinajstić information content (AvgIpc) is 2.57. The van der Waals surface area contributed by atoms with E-state index in [0.29, 0.717) is 44.9 Å². The fourth-order valence-corrected chi connectivity index (χ4v) is 4.86. The smallest absolute Gasteiger partial charge is 0.338 e. The molecule has 0 aliphatic carbocycles. The van der Waals surface area contributed by atoms with Gasteiger partial charge in [-0.15, -0.1) is 0 Å². The Balaban J connectivity index is 1.52. The quantitative estimate of drug-likeness (QED) is 0.793. The maximum Gasteiger partial charge on any atom is 0.433 e. The van der Waals surface area contributed by atoms with Crippen LogP contribution >= 0.6 is 0 Å². The summed E-state index contributed by atoms with van der Waals surface area (Å²) in [5, 5.41) is 0. The lowest BCUT2D eigenvalue weighted by Gasteiger charge is -2.37. The van der Waals surface area contributed by atoms with E-state index in [9.17, 15) is 21.6 Å². The van der Waals surface area contributed by atoms with Crippen LogP contribution in [0.3, 0.4) is 0 Å². The lowest BCUT2D eigenvalue weighted by atomic mass is 10.0. The second-order valence-corrected chi connectivity index (χ2v) is 8.93. The van der Waals surface area contributed by atoms with E-state index in [2.05, 4.69) is 14.9 Å². The molecule has 0 amide bonds. The molecule has 1 aromatic heterocycles. The van der Waals surface area contributed by atoms with Gasteiger partial charge in [0.15, 0.2) is 0 Å². The summed E-state index contributed by atoms with van der Waals surface area (Å²) >= 11 is 0. The second kappa shape index (κ2) is 7.06. The molecule has 2 aliphatic rings. The lowest BCUT2D eigenvalue weighted by molar-refractivity contribution is -0.141. The first-order chi connectivity index (χ1) is 11.7. The summed E-state index contributed by atoms with van der Waals surface area (Å²) < 4.78 is 61.2. The van der Waals surface area contributed by atoms with Crippen molar-refractivity contribution in [2.24, 2.45) is 5.92 Å². The minimum atomic E-state index is -4.47. The number of halogens is 3. The largest absolute Gasteiger partial charge is 0.433 e. The van der Waals surface area contributed by atoms with Crippen molar-refractivity contribution in [1.82, 2.24) is 14.9 Å². The Bertz CT molecular complexity index is 689. The monoisotopic (exact) mass is 378 g/mol. The van der Waals surface area contributed by atoms with Crippen molar-refractivity contribution in [3.05, 3.63) is 18.0 Å². The zero-order chi connectivity index (χ0) is 18.1. The summed E-state index contributed by atoms with van der Waals surface area (Å²) in [7, 11) is -2.85. The third-order valence-corrected chi connectivity index (χ3v) is 6.49. The molecule has 3 heterocycles. The van der Waals surface area contributed by atoms with Crippen LogP contribution in [-0.2, 0) is 16.0 Å². The van der Waals surface area contributed by atoms with Gasteiger partial charge in [-0.1, -0.05) is 0 Å². The van der Waals surface area contributed by atoms with Crippen LogP contribution in [0.1, 0.15) is 18.5 Å². The number of rotatable bonds is 3. The van der Waals surface area contributed by atoms with Crippen molar-refractivity contribution >= 4 is 15.8 Å². The fourth-order valence-electron chi connectivity index (χ4n) is 3.28. The molecule has 0 bridgehead atoms. The Morgan fingerprint density at radius 3 is 2.36 bits per heavy atom. The molecular formula is C15H21F3N4O2S. The van der Waals surface area contributed by atoms with Crippen LogP contribution in [0.25, 0.3) is 0 Å². The molecule has 0 unspecified atom stereocenters. The van der Waals surface area contributed by atoms with E-state index in [1.165, 1.54) is 0 Å². The minimum absolute atomic E-state index is 0.109. The van der Waals surface area contributed by atoms with Gasteiger partial charge in [-0.3, -0.25) is 4.90 Å². The standard InChI is InChI=1S/C15H21F3N4O2S/c16-15(17,18)13-1-4-19-14(20-13)22-7-5-21(6-8-22)11-12-2-9-25(23,24)10-3-12/h1,4,12H,2-3,5-11H2. The third-order valence-electron chi connectivity index (χ3n) is 4.78. The van der Waals surface area contributed by atoms with Crippen LogP contribution in [0, 0.1) is 5.92 Å². The van der Waals surface area contributed by atoms with Gasteiger partial charge in [0.1, 0.15) is 15.5 Å². The summed E-state index contributed by atoms with van der Waals surface area (Å²) in [6.07, 6.45) is -1.95. The van der Waals surface area contributed by atoms with Gasteiger partial charge in [0, 0.05) is 38.9 Å². The molecule has 25 heavy (non-hydrogen) atoms. The number of hydrogen-bond acceptors (Lipinski definition) is 6. The Morgan fingerprint density at radius 1 is 1.12 bits per heavy atom. The first kappa shape index (κ1) is 18.4. The maximum absolute atomic E-state index is 12.8. The predicted octanol–water partition coefficient (Wildman–Crippen LogP) is 1.44. The average molecular weight is 378 g/mol. The van der Waals surface area contributed by atoms with Crippen molar-refractivity contribution in [3.63, 3.8) is 0 Å². The van der Waals surface area contributed by atoms with E-state index in [0.717, 1.165) is 18.8 Å². The van der Waals surface area contributed by atoms with E-state index < -0.39 is 21.7 Å². The summed E-state index contributed by atoms with van der Waals surface area (Å²) in [6, 6.07) is 0.872. The van der Waals surface area contributed by atoms with Gasteiger partial charge in [0.2, 0.25) is 5.95 Å². The Morgan fingerprint density at radius 2 is 1.76 bits per heavy atom. The number of hydrogen-bond donors (Lipinski definition) is 0. The van der Waals surface area contributed by atoms with Crippen LogP contribution in [-0.4, -0.2) is 67.5 Å². The van der Waals surface area contributed by atoms with Crippen LogP contribution < -0.4 is 4.90 Å². The number of alkyl halides is 3. The number of sulfone groups is 1. The zero-order valence-corrected chi connectivity index (χ0v) is 14.6. The summed E-state index contributed by atoms with van der Waals surface area (Å²) in [5.41, 5.74) is -0.927. The summed E-state index contributed by atoms with van der Waals surface area (Å²) in [5.74, 6) is 1.00. The van der Waals surface area contributed by atoms with Crippen LogP contribution in [0.15, 0.2) is 12.3 Å².